The van der Waals surface area contributed by atoms with Crippen molar-refractivity contribution in [3.8, 4) is 11.3 Å². The normalized spacial score (nSPS) is 16.9. The molecule has 1 aromatic carbocycles. The largest absolute Gasteiger partial charge is 0.376 e. The smallest absolute Gasteiger partial charge is 0.271 e. The van der Waals surface area contributed by atoms with Crippen LogP contribution >= 0.6 is 11.3 Å². The van der Waals surface area contributed by atoms with Gasteiger partial charge in [-0.3, -0.25) is 9.20 Å². The molecule has 0 unspecified atom stereocenters. The van der Waals surface area contributed by atoms with E-state index in [-0.39, 0.29) is 12.0 Å². The lowest BCUT2D eigenvalue weighted by atomic mass is 10.1. The van der Waals surface area contributed by atoms with Crippen LogP contribution in [0.15, 0.2) is 35.8 Å². The lowest BCUT2D eigenvalue weighted by Gasteiger charge is -2.24. The molecule has 3 aromatic rings. The van der Waals surface area contributed by atoms with E-state index < -0.39 is 0 Å². The van der Waals surface area contributed by atoms with Crippen molar-refractivity contribution in [3.05, 3.63) is 47.1 Å². The SMILES string of the molecule is CCCN(C[C@@H]1CCCO1)C(=O)c1csc2nc(-c3ccccc3C)cn12. The van der Waals surface area contributed by atoms with Crippen LogP contribution in [0.3, 0.4) is 0 Å². The molecule has 142 valence electrons. The van der Waals surface area contributed by atoms with Gasteiger partial charge in [0.25, 0.3) is 5.91 Å². The van der Waals surface area contributed by atoms with E-state index in [1.165, 1.54) is 16.9 Å². The molecule has 5 nitrogen and oxygen atoms in total. The van der Waals surface area contributed by atoms with Gasteiger partial charge in [-0.25, -0.2) is 4.98 Å². The van der Waals surface area contributed by atoms with Crippen LogP contribution < -0.4 is 0 Å². The molecule has 0 N–H and O–H groups in total. The average Bonchev–Trinajstić information content (AvgIpc) is 3.38. The summed E-state index contributed by atoms with van der Waals surface area (Å²) in [5.41, 5.74) is 3.89. The van der Waals surface area contributed by atoms with Gasteiger partial charge in [-0.2, -0.15) is 0 Å². The number of imidazole rings is 1. The summed E-state index contributed by atoms with van der Waals surface area (Å²) in [5, 5.41) is 1.92. The van der Waals surface area contributed by atoms with Gasteiger partial charge in [-0.15, -0.1) is 11.3 Å². The maximum absolute atomic E-state index is 13.2. The second-order valence-corrected chi connectivity index (χ2v) is 7.94. The number of carbonyl (C=O) groups excluding carboxylic acids is 1. The molecule has 6 heteroatoms. The molecule has 0 radical (unpaired) electrons. The standard InChI is InChI=1S/C21H25N3O2S/c1-3-10-23(12-16-8-6-11-26-16)20(25)19-14-27-21-22-18(13-24(19)21)17-9-5-4-7-15(17)2/h4-5,7,9,13-14,16H,3,6,8,10-12H2,1-2H3/t16-/m0/s1. The number of benzene rings is 1. The molecule has 2 aromatic heterocycles. The van der Waals surface area contributed by atoms with Crippen molar-refractivity contribution in [2.45, 2.75) is 39.2 Å². The summed E-state index contributed by atoms with van der Waals surface area (Å²) in [6.45, 7) is 6.41. The van der Waals surface area contributed by atoms with E-state index in [0.717, 1.165) is 48.6 Å². The van der Waals surface area contributed by atoms with E-state index in [0.29, 0.717) is 12.2 Å². The van der Waals surface area contributed by atoms with Gasteiger partial charge in [-0.05, 0) is 31.7 Å². The molecular weight excluding hydrogens is 358 g/mol. The Morgan fingerprint density at radius 3 is 3.00 bits per heavy atom. The first-order valence-corrected chi connectivity index (χ1v) is 10.5. The summed E-state index contributed by atoms with van der Waals surface area (Å²) < 4.78 is 7.69. The van der Waals surface area contributed by atoms with Crippen LogP contribution in [0, 0.1) is 6.92 Å². The molecule has 3 heterocycles. The van der Waals surface area contributed by atoms with Crippen molar-refractivity contribution >= 4 is 22.2 Å². The minimum absolute atomic E-state index is 0.0623. The van der Waals surface area contributed by atoms with Crippen LogP contribution in [0.2, 0.25) is 0 Å². The zero-order valence-corrected chi connectivity index (χ0v) is 16.7. The first-order valence-electron chi connectivity index (χ1n) is 9.61. The number of aromatic nitrogens is 2. The number of ether oxygens (including phenoxy) is 1. The molecule has 1 saturated heterocycles. The summed E-state index contributed by atoms with van der Waals surface area (Å²) in [6, 6.07) is 8.20. The highest BCUT2D eigenvalue weighted by atomic mass is 32.1. The first-order chi connectivity index (χ1) is 13.2. The number of hydrogen-bond acceptors (Lipinski definition) is 4. The number of carbonyl (C=O) groups is 1. The van der Waals surface area contributed by atoms with E-state index in [1.54, 1.807) is 0 Å². The third-order valence-corrected chi connectivity index (χ3v) is 5.92. The van der Waals surface area contributed by atoms with Crippen LogP contribution in [-0.4, -0.2) is 46.0 Å². The second kappa shape index (κ2) is 7.82. The lowest BCUT2D eigenvalue weighted by molar-refractivity contribution is 0.0521. The van der Waals surface area contributed by atoms with Crippen molar-refractivity contribution in [1.82, 2.24) is 14.3 Å². The second-order valence-electron chi connectivity index (χ2n) is 7.10. The van der Waals surface area contributed by atoms with Crippen LogP contribution in [0.5, 0.6) is 0 Å². The Bertz CT molecular complexity index is 940. The third-order valence-electron chi connectivity index (χ3n) is 5.08. The number of amides is 1. The van der Waals surface area contributed by atoms with E-state index in [2.05, 4.69) is 26.0 Å². The number of hydrogen-bond donors (Lipinski definition) is 0. The summed E-state index contributed by atoms with van der Waals surface area (Å²) in [6.07, 6.45) is 5.21. The zero-order valence-electron chi connectivity index (χ0n) is 15.9. The Balaban J connectivity index is 1.63. The number of aryl methyl sites for hydroxylation is 1. The number of thiazole rings is 1. The van der Waals surface area contributed by atoms with Gasteiger partial charge in [0, 0.05) is 36.8 Å². The molecule has 1 amide bonds. The van der Waals surface area contributed by atoms with Gasteiger partial charge >= 0.3 is 0 Å². The van der Waals surface area contributed by atoms with Gasteiger partial charge in [0.15, 0.2) is 4.96 Å². The molecule has 4 rings (SSSR count). The fraction of sp³-hybridized carbons (Fsp3) is 0.429. The van der Waals surface area contributed by atoms with E-state index in [1.807, 2.05) is 33.0 Å². The van der Waals surface area contributed by atoms with Gasteiger partial charge < -0.3 is 9.64 Å². The Morgan fingerprint density at radius 1 is 1.41 bits per heavy atom. The minimum Gasteiger partial charge on any atom is -0.376 e. The van der Waals surface area contributed by atoms with Gasteiger partial charge in [0.05, 0.1) is 11.8 Å². The fourth-order valence-electron chi connectivity index (χ4n) is 3.67. The van der Waals surface area contributed by atoms with E-state index >= 15 is 0 Å². The number of nitrogens with zero attached hydrogens (tertiary/aromatic N) is 3. The zero-order chi connectivity index (χ0) is 18.8. The molecule has 0 bridgehead atoms. The lowest BCUT2D eigenvalue weighted by Crippen LogP contribution is -2.38. The van der Waals surface area contributed by atoms with E-state index in [9.17, 15) is 4.79 Å². The van der Waals surface area contributed by atoms with Gasteiger partial charge in [0.2, 0.25) is 0 Å². The fourth-order valence-corrected chi connectivity index (χ4v) is 4.52. The van der Waals surface area contributed by atoms with Crippen molar-refractivity contribution in [3.63, 3.8) is 0 Å². The predicted molar refractivity (Wildman–Crippen MR) is 108 cm³/mol. The summed E-state index contributed by atoms with van der Waals surface area (Å²) in [5.74, 6) is 0.0623. The molecule has 0 aliphatic carbocycles. The highest BCUT2D eigenvalue weighted by Gasteiger charge is 2.25. The molecule has 0 spiro atoms. The monoisotopic (exact) mass is 383 g/mol. The molecule has 0 saturated carbocycles. The van der Waals surface area contributed by atoms with Crippen LogP contribution in [-0.2, 0) is 4.74 Å². The molecular formula is C21H25N3O2S. The molecule has 1 aliphatic rings. The number of fused-ring (bicyclic) bond motifs is 1. The Morgan fingerprint density at radius 2 is 2.26 bits per heavy atom. The maximum Gasteiger partial charge on any atom is 0.271 e. The van der Waals surface area contributed by atoms with Gasteiger partial charge in [-0.1, -0.05) is 31.2 Å². The summed E-state index contributed by atoms with van der Waals surface area (Å²) in [4.78, 5) is 20.8. The van der Waals surface area contributed by atoms with E-state index in [4.69, 9.17) is 9.72 Å². The summed E-state index contributed by atoms with van der Waals surface area (Å²) in [7, 11) is 0. The number of rotatable bonds is 6. The summed E-state index contributed by atoms with van der Waals surface area (Å²) >= 11 is 1.51. The Hall–Kier alpha value is -2.18. The molecule has 1 fully saturated rings. The minimum atomic E-state index is 0.0623. The third kappa shape index (κ3) is 3.64. The average molecular weight is 384 g/mol. The predicted octanol–water partition coefficient (Wildman–Crippen LogP) is 4.40. The Kier molecular flexibility index (Phi) is 5.27. The van der Waals surface area contributed by atoms with Crippen molar-refractivity contribution in [2.24, 2.45) is 0 Å². The van der Waals surface area contributed by atoms with Crippen LogP contribution in [0.4, 0.5) is 0 Å². The van der Waals surface area contributed by atoms with Crippen molar-refractivity contribution in [2.75, 3.05) is 19.7 Å². The highest BCUT2D eigenvalue weighted by Crippen LogP contribution is 2.27. The maximum atomic E-state index is 13.2. The first kappa shape index (κ1) is 18.2. The molecule has 1 aliphatic heterocycles. The van der Waals surface area contributed by atoms with Crippen molar-refractivity contribution in [1.29, 1.82) is 0 Å². The molecule has 1 atom stereocenters. The van der Waals surface area contributed by atoms with Crippen molar-refractivity contribution < 1.29 is 9.53 Å². The highest BCUT2D eigenvalue weighted by molar-refractivity contribution is 7.15. The Labute approximate surface area is 163 Å². The van der Waals surface area contributed by atoms with Crippen LogP contribution in [0.1, 0.15) is 42.2 Å². The quantitative estimate of drug-likeness (QED) is 0.634. The topological polar surface area (TPSA) is 46.8 Å². The van der Waals surface area contributed by atoms with Crippen LogP contribution in [0.25, 0.3) is 16.2 Å². The van der Waals surface area contributed by atoms with Gasteiger partial charge in [0.1, 0.15) is 5.69 Å². The molecule has 27 heavy (non-hydrogen) atoms.